The van der Waals surface area contributed by atoms with E-state index in [1.54, 1.807) is 6.07 Å². The van der Waals surface area contributed by atoms with Crippen molar-refractivity contribution in [3.8, 4) is 0 Å². The summed E-state index contributed by atoms with van der Waals surface area (Å²) in [7, 11) is 3.92. The predicted octanol–water partition coefficient (Wildman–Crippen LogP) is 2.16. The molecule has 1 saturated heterocycles. The van der Waals surface area contributed by atoms with Crippen molar-refractivity contribution in [1.82, 2.24) is 10.2 Å². The molecular weight excluding hydrogens is 243 g/mol. The molecule has 1 heterocycles. The Hall–Kier alpha value is -0.970. The Morgan fingerprint density at radius 3 is 3.00 bits per heavy atom. The first-order valence-corrected chi connectivity index (χ1v) is 6.91. The minimum absolute atomic E-state index is 0.126. The molecule has 0 aliphatic carbocycles. The first kappa shape index (κ1) is 14.4. The van der Waals surface area contributed by atoms with Crippen molar-refractivity contribution in [3.63, 3.8) is 0 Å². The van der Waals surface area contributed by atoms with Crippen molar-refractivity contribution in [3.05, 3.63) is 35.1 Å². The summed E-state index contributed by atoms with van der Waals surface area (Å²) in [5.74, 6) is -0.126. The average Bonchev–Trinajstić information content (AvgIpc) is 2.86. The van der Waals surface area contributed by atoms with Crippen LogP contribution in [0.2, 0.25) is 0 Å². The molecule has 1 aliphatic heterocycles. The molecule has 1 atom stereocenters. The van der Waals surface area contributed by atoms with Crippen molar-refractivity contribution in [2.45, 2.75) is 32.0 Å². The lowest BCUT2D eigenvalue weighted by molar-refractivity contribution is 0.0790. The van der Waals surface area contributed by atoms with Crippen molar-refractivity contribution >= 4 is 0 Å². The number of rotatable bonds is 6. The standard InChI is InChI=1S/C15H23FN2O/c1-17-9-12-5-6-15(16)13(8-12)10-18(2)11-14-4-3-7-19-14/h5-6,8,14,17H,3-4,7,9-11H2,1-2H3. The smallest absolute Gasteiger partial charge is 0.127 e. The third-order valence-electron chi connectivity index (χ3n) is 3.47. The maximum atomic E-state index is 13.8. The van der Waals surface area contributed by atoms with Crippen molar-refractivity contribution in [2.24, 2.45) is 0 Å². The Morgan fingerprint density at radius 2 is 2.32 bits per heavy atom. The van der Waals surface area contributed by atoms with E-state index < -0.39 is 0 Å². The van der Waals surface area contributed by atoms with Crippen LogP contribution in [0.1, 0.15) is 24.0 Å². The number of nitrogens with zero attached hydrogens (tertiary/aromatic N) is 1. The fourth-order valence-corrected chi connectivity index (χ4v) is 2.55. The number of hydrogen-bond acceptors (Lipinski definition) is 3. The summed E-state index contributed by atoms with van der Waals surface area (Å²) < 4.78 is 19.4. The summed E-state index contributed by atoms with van der Waals surface area (Å²) in [6.07, 6.45) is 2.57. The fraction of sp³-hybridized carbons (Fsp3) is 0.600. The molecule has 1 unspecified atom stereocenters. The summed E-state index contributed by atoms with van der Waals surface area (Å²) in [6.45, 7) is 3.13. The molecular formula is C15H23FN2O. The van der Waals surface area contributed by atoms with Gasteiger partial charge in [-0.15, -0.1) is 0 Å². The largest absolute Gasteiger partial charge is 0.377 e. The van der Waals surface area contributed by atoms with E-state index in [1.165, 1.54) is 0 Å². The molecule has 0 spiro atoms. The highest BCUT2D eigenvalue weighted by Crippen LogP contribution is 2.16. The highest BCUT2D eigenvalue weighted by molar-refractivity contribution is 5.25. The van der Waals surface area contributed by atoms with Gasteiger partial charge in [0.05, 0.1) is 6.10 Å². The van der Waals surface area contributed by atoms with Crippen LogP contribution in [0.15, 0.2) is 18.2 Å². The Morgan fingerprint density at radius 1 is 1.47 bits per heavy atom. The van der Waals surface area contributed by atoms with Crippen LogP contribution < -0.4 is 5.32 Å². The Labute approximate surface area is 114 Å². The molecule has 19 heavy (non-hydrogen) atoms. The molecule has 3 nitrogen and oxygen atoms in total. The molecule has 0 saturated carbocycles. The number of halogens is 1. The molecule has 1 aliphatic rings. The van der Waals surface area contributed by atoms with Gasteiger partial charge in [0.25, 0.3) is 0 Å². The number of nitrogens with one attached hydrogen (secondary N) is 1. The van der Waals surface area contributed by atoms with Crippen molar-refractivity contribution in [2.75, 3.05) is 27.2 Å². The van der Waals surface area contributed by atoms with Gasteiger partial charge in [-0.25, -0.2) is 4.39 Å². The molecule has 0 amide bonds. The SMILES string of the molecule is CNCc1ccc(F)c(CN(C)CC2CCCO2)c1. The second kappa shape index (κ2) is 6.98. The minimum Gasteiger partial charge on any atom is -0.377 e. The topological polar surface area (TPSA) is 24.5 Å². The lowest BCUT2D eigenvalue weighted by atomic mass is 10.1. The van der Waals surface area contributed by atoms with Crippen LogP contribution in [-0.2, 0) is 17.8 Å². The van der Waals surface area contributed by atoms with Gasteiger partial charge in [0.1, 0.15) is 5.82 Å². The van der Waals surface area contributed by atoms with Gasteiger partial charge in [-0.05, 0) is 38.6 Å². The summed E-state index contributed by atoms with van der Waals surface area (Å²) in [6, 6.07) is 5.33. The number of ether oxygens (including phenoxy) is 1. The van der Waals surface area contributed by atoms with Gasteiger partial charge in [0.2, 0.25) is 0 Å². The van der Waals surface area contributed by atoms with Crippen LogP contribution in [0, 0.1) is 5.82 Å². The monoisotopic (exact) mass is 266 g/mol. The van der Waals surface area contributed by atoms with E-state index in [4.69, 9.17) is 4.74 Å². The Kier molecular flexibility index (Phi) is 5.31. The predicted molar refractivity (Wildman–Crippen MR) is 74.5 cm³/mol. The van der Waals surface area contributed by atoms with Crippen LogP contribution in [0.4, 0.5) is 4.39 Å². The second-order valence-electron chi connectivity index (χ2n) is 5.29. The Bertz CT molecular complexity index is 405. The third kappa shape index (κ3) is 4.27. The maximum absolute atomic E-state index is 13.8. The van der Waals surface area contributed by atoms with Gasteiger partial charge in [-0.3, -0.25) is 4.90 Å². The van der Waals surface area contributed by atoms with E-state index >= 15 is 0 Å². The Balaban J connectivity index is 1.94. The molecule has 106 valence electrons. The zero-order valence-corrected chi connectivity index (χ0v) is 11.8. The first-order chi connectivity index (χ1) is 9.19. The summed E-state index contributed by atoms with van der Waals surface area (Å²) >= 11 is 0. The average molecular weight is 266 g/mol. The molecule has 0 radical (unpaired) electrons. The van der Waals surface area contributed by atoms with Gasteiger partial charge < -0.3 is 10.1 Å². The van der Waals surface area contributed by atoms with E-state index in [1.807, 2.05) is 26.2 Å². The third-order valence-corrected chi connectivity index (χ3v) is 3.47. The maximum Gasteiger partial charge on any atom is 0.127 e. The summed E-state index contributed by atoms with van der Waals surface area (Å²) in [5, 5.41) is 3.09. The van der Waals surface area contributed by atoms with Crippen LogP contribution in [-0.4, -0.2) is 38.3 Å². The van der Waals surface area contributed by atoms with E-state index in [-0.39, 0.29) is 5.82 Å². The van der Waals surface area contributed by atoms with Crippen LogP contribution >= 0.6 is 0 Å². The van der Waals surface area contributed by atoms with E-state index in [9.17, 15) is 4.39 Å². The minimum atomic E-state index is -0.126. The number of benzene rings is 1. The number of likely N-dealkylation sites (N-methyl/N-ethyl adjacent to an activating group) is 1. The molecule has 1 aromatic carbocycles. The van der Waals surface area contributed by atoms with Crippen LogP contribution in [0.5, 0.6) is 0 Å². The van der Waals surface area contributed by atoms with Gasteiger partial charge in [-0.2, -0.15) is 0 Å². The molecule has 0 bridgehead atoms. The van der Waals surface area contributed by atoms with Crippen LogP contribution in [0.25, 0.3) is 0 Å². The fourth-order valence-electron chi connectivity index (χ4n) is 2.55. The van der Waals surface area contributed by atoms with Crippen molar-refractivity contribution < 1.29 is 9.13 Å². The summed E-state index contributed by atoms with van der Waals surface area (Å²) in [4.78, 5) is 2.14. The quantitative estimate of drug-likeness (QED) is 0.854. The van der Waals surface area contributed by atoms with Crippen molar-refractivity contribution in [1.29, 1.82) is 0 Å². The molecule has 4 heteroatoms. The highest BCUT2D eigenvalue weighted by atomic mass is 19.1. The number of hydrogen-bond donors (Lipinski definition) is 1. The van der Waals surface area contributed by atoms with Crippen LogP contribution in [0.3, 0.4) is 0 Å². The van der Waals surface area contributed by atoms with Gasteiger partial charge in [0.15, 0.2) is 0 Å². The summed E-state index contributed by atoms with van der Waals surface area (Å²) in [5.41, 5.74) is 1.87. The second-order valence-corrected chi connectivity index (χ2v) is 5.29. The van der Waals surface area contributed by atoms with Gasteiger partial charge in [0, 0.05) is 31.8 Å². The molecule has 1 aromatic rings. The lowest BCUT2D eigenvalue weighted by Crippen LogP contribution is -2.28. The van der Waals surface area contributed by atoms with Gasteiger partial charge >= 0.3 is 0 Å². The van der Waals surface area contributed by atoms with E-state index in [2.05, 4.69) is 10.2 Å². The van der Waals surface area contributed by atoms with E-state index in [0.717, 1.165) is 43.7 Å². The molecule has 1 fully saturated rings. The lowest BCUT2D eigenvalue weighted by Gasteiger charge is -2.21. The zero-order chi connectivity index (χ0) is 13.7. The normalized spacial score (nSPS) is 19.3. The zero-order valence-electron chi connectivity index (χ0n) is 11.8. The molecule has 0 aromatic heterocycles. The molecule has 2 rings (SSSR count). The van der Waals surface area contributed by atoms with Gasteiger partial charge in [-0.1, -0.05) is 12.1 Å². The molecule has 1 N–H and O–H groups in total. The highest BCUT2D eigenvalue weighted by Gasteiger charge is 2.18. The van der Waals surface area contributed by atoms with E-state index in [0.29, 0.717) is 12.6 Å². The first-order valence-electron chi connectivity index (χ1n) is 6.91.